The summed E-state index contributed by atoms with van der Waals surface area (Å²) in [6.07, 6.45) is 3.14. The molecule has 2 nitrogen and oxygen atoms in total. The highest BCUT2D eigenvalue weighted by Crippen LogP contribution is 2.22. The molecule has 4 heteroatoms. The van der Waals surface area contributed by atoms with Gasteiger partial charge in [0.15, 0.2) is 0 Å². The Hall–Kier alpha value is -1.77. The molecular weight excluding hydrogens is 305 g/mol. The summed E-state index contributed by atoms with van der Waals surface area (Å²) in [6, 6.07) is 14.9. The minimum atomic E-state index is -0.169. The molecule has 0 saturated carbocycles. The number of hydrogen-bond donors (Lipinski definition) is 1. The van der Waals surface area contributed by atoms with E-state index in [1.165, 1.54) is 6.08 Å². The molecule has 108 valence electrons. The lowest BCUT2D eigenvalue weighted by molar-refractivity contribution is -0.117. The summed E-state index contributed by atoms with van der Waals surface area (Å²) in [6.45, 7) is 1.94. The van der Waals surface area contributed by atoms with E-state index in [0.717, 1.165) is 11.1 Å². The summed E-state index contributed by atoms with van der Waals surface area (Å²) < 4.78 is 0. The molecule has 2 aromatic carbocycles. The van der Waals surface area contributed by atoms with Crippen LogP contribution in [0, 0.1) is 0 Å². The Balaban J connectivity index is 2.00. The van der Waals surface area contributed by atoms with Crippen molar-refractivity contribution in [1.82, 2.24) is 5.32 Å². The number of hydrogen-bond acceptors (Lipinski definition) is 1. The van der Waals surface area contributed by atoms with Gasteiger partial charge < -0.3 is 5.32 Å². The van der Waals surface area contributed by atoms with E-state index in [1.54, 1.807) is 24.3 Å². The highest BCUT2D eigenvalue weighted by atomic mass is 35.5. The molecule has 0 heterocycles. The molecule has 0 saturated heterocycles. The maximum atomic E-state index is 11.9. The first-order valence-corrected chi connectivity index (χ1v) is 7.30. The van der Waals surface area contributed by atoms with Crippen molar-refractivity contribution in [3.05, 3.63) is 75.8 Å². The van der Waals surface area contributed by atoms with Crippen molar-refractivity contribution in [2.75, 3.05) is 0 Å². The first-order chi connectivity index (χ1) is 10.1. The average molecular weight is 320 g/mol. The van der Waals surface area contributed by atoms with Crippen molar-refractivity contribution < 1.29 is 4.79 Å². The minimum absolute atomic E-state index is 0.0518. The van der Waals surface area contributed by atoms with E-state index in [1.807, 2.05) is 37.3 Å². The lowest BCUT2D eigenvalue weighted by Crippen LogP contribution is -2.24. The van der Waals surface area contributed by atoms with Gasteiger partial charge in [-0.3, -0.25) is 4.79 Å². The summed E-state index contributed by atoms with van der Waals surface area (Å²) in [5.74, 6) is -0.169. The third-order valence-corrected chi connectivity index (χ3v) is 3.60. The average Bonchev–Trinajstić information content (AvgIpc) is 2.47. The Morgan fingerprint density at radius 3 is 2.52 bits per heavy atom. The molecular formula is C17H15Cl2NO. The summed E-state index contributed by atoms with van der Waals surface area (Å²) >= 11 is 11.9. The Labute approximate surface area is 134 Å². The van der Waals surface area contributed by atoms with Gasteiger partial charge in [0.2, 0.25) is 5.91 Å². The molecule has 1 amide bonds. The fourth-order valence-electron chi connectivity index (χ4n) is 1.89. The molecule has 0 aliphatic heterocycles. The Bertz CT molecular complexity index is 653. The SMILES string of the molecule is C[C@H](NC(=O)/C=C\c1ccc(Cl)cc1Cl)c1ccccc1. The second-order valence-corrected chi connectivity index (χ2v) is 5.48. The summed E-state index contributed by atoms with van der Waals surface area (Å²) in [7, 11) is 0. The van der Waals surface area contributed by atoms with Gasteiger partial charge in [-0.25, -0.2) is 0 Å². The molecule has 2 rings (SSSR count). The molecule has 0 radical (unpaired) electrons. The Morgan fingerprint density at radius 2 is 1.86 bits per heavy atom. The fourth-order valence-corrected chi connectivity index (χ4v) is 2.36. The van der Waals surface area contributed by atoms with Gasteiger partial charge in [-0.15, -0.1) is 0 Å². The van der Waals surface area contributed by atoms with Gasteiger partial charge in [-0.05, 0) is 36.3 Å². The summed E-state index contributed by atoms with van der Waals surface area (Å²) in [4.78, 5) is 11.9. The lowest BCUT2D eigenvalue weighted by atomic mass is 10.1. The van der Waals surface area contributed by atoms with Crippen LogP contribution in [0.5, 0.6) is 0 Å². The quantitative estimate of drug-likeness (QED) is 0.799. The van der Waals surface area contributed by atoms with Crippen LogP contribution >= 0.6 is 23.2 Å². The number of carbonyl (C=O) groups is 1. The molecule has 2 aromatic rings. The van der Waals surface area contributed by atoms with Gasteiger partial charge in [0, 0.05) is 16.1 Å². The van der Waals surface area contributed by atoms with Crippen LogP contribution < -0.4 is 5.32 Å². The first-order valence-electron chi connectivity index (χ1n) is 6.55. The zero-order valence-electron chi connectivity index (χ0n) is 11.5. The highest BCUT2D eigenvalue weighted by molar-refractivity contribution is 6.35. The zero-order valence-corrected chi connectivity index (χ0v) is 13.0. The first kappa shape index (κ1) is 15.6. The van der Waals surface area contributed by atoms with Crippen LogP contribution in [0.15, 0.2) is 54.6 Å². The number of nitrogens with one attached hydrogen (secondary N) is 1. The van der Waals surface area contributed by atoms with Crippen molar-refractivity contribution in [1.29, 1.82) is 0 Å². The number of carbonyl (C=O) groups excluding carboxylic acids is 1. The van der Waals surface area contributed by atoms with Gasteiger partial charge in [0.1, 0.15) is 0 Å². The van der Waals surface area contributed by atoms with Gasteiger partial charge in [0.25, 0.3) is 0 Å². The van der Waals surface area contributed by atoms with E-state index in [0.29, 0.717) is 10.0 Å². The third kappa shape index (κ3) is 4.62. The minimum Gasteiger partial charge on any atom is -0.346 e. The van der Waals surface area contributed by atoms with Crippen molar-refractivity contribution in [2.45, 2.75) is 13.0 Å². The van der Waals surface area contributed by atoms with Gasteiger partial charge in [-0.1, -0.05) is 59.6 Å². The van der Waals surface area contributed by atoms with Gasteiger partial charge in [0.05, 0.1) is 6.04 Å². The van der Waals surface area contributed by atoms with Crippen LogP contribution in [-0.4, -0.2) is 5.91 Å². The predicted octanol–water partition coefficient (Wildman–Crippen LogP) is 4.88. The molecule has 0 bridgehead atoms. The number of amides is 1. The third-order valence-electron chi connectivity index (χ3n) is 3.04. The van der Waals surface area contributed by atoms with E-state index < -0.39 is 0 Å². The zero-order chi connectivity index (χ0) is 15.2. The monoisotopic (exact) mass is 319 g/mol. The summed E-state index contributed by atoms with van der Waals surface area (Å²) in [5.41, 5.74) is 1.81. The predicted molar refractivity (Wildman–Crippen MR) is 88.5 cm³/mol. The van der Waals surface area contributed by atoms with Gasteiger partial charge in [-0.2, -0.15) is 0 Å². The lowest BCUT2D eigenvalue weighted by Gasteiger charge is -2.12. The second-order valence-electron chi connectivity index (χ2n) is 4.64. The van der Waals surface area contributed by atoms with Crippen LogP contribution in [0.2, 0.25) is 10.0 Å². The largest absolute Gasteiger partial charge is 0.346 e. The van der Waals surface area contributed by atoms with Crippen LogP contribution in [0.3, 0.4) is 0 Å². The van der Waals surface area contributed by atoms with Crippen molar-refractivity contribution in [3.8, 4) is 0 Å². The van der Waals surface area contributed by atoms with E-state index in [9.17, 15) is 4.79 Å². The smallest absolute Gasteiger partial charge is 0.244 e. The van der Waals surface area contributed by atoms with Crippen LogP contribution in [0.4, 0.5) is 0 Å². The van der Waals surface area contributed by atoms with E-state index in [-0.39, 0.29) is 11.9 Å². The Morgan fingerprint density at radius 1 is 1.14 bits per heavy atom. The molecule has 0 fully saturated rings. The number of halogens is 2. The van der Waals surface area contributed by atoms with E-state index >= 15 is 0 Å². The molecule has 0 aliphatic rings. The molecule has 0 aliphatic carbocycles. The van der Waals surface area contributed by atoms with Crippen molar-refractivity contribution in [3.63, 3.8) is 0 Å². The molecule has 1 atom stereocenters. The molecule has 1 N–H and O–H groups in total. The Kier molecular flexibility index (Phi) is 5.43. The summed E-state index contributed by atoms with van der Waals surface area (Å²) in [5, 5.41) is 3.99. The molecule has 0 spiro atoms. The van der Waals surface area contributed by atoms with Crippen molar-refractivity contribution >= 4 is 35.2 Å². The molecule has 0 aromatic heterocycles. The van der Waals surface area contributed by atoms with Crippen LogP contribution in [-0.2, 0) is 4.79 Å². The van der Waals surface area contributed by atoms with Crippen molar-refractivity contribution in [2.24, 2.45) is 0 Å². The molecule has 0 unspecified atom stereocenters. The number of benzene rings is 2. The fraction of sp³-hybridized carbons (Fsp3) is 0.118. The number of rotatable bonds is 4. The topological polar surface area (TPSA) is 29.1 Å². The maximum Gasteiger partial charge on any atom is 0.244 e. The second kappa shape index (κ2) is 7.30. The maximum absolute atomic E-state index is 11.9. The highest BCUT2D eigenvalue weighted by Gasteiger charge is 2.06. The van der Waals surface area contributed by atoms with Crippen LogP contribution in [0.1, 0.15) is 24.1 Å². The van der Waals surface area contributed by atoms with Crippen LogP contribution in [0.25, 0.3) is 6.08 Å². The standard InChI is InChI=1S/C17H15Cl2NO/c1-12(13-5-3-2-4-6-13)20-17(21)10-8-14-7-9-15(18)11-16(14)19/h2-12H,1H3,(H,20,21)/b10-8-/t12-/m0/s1. The molecule has 21 heavy (non-hydrogen) atoms. The van der Waals surface area contributed by atoms with E-state index in [4.69, 9.17) is 23.2 Å². The van der Waals surface area contributed by atoms with E-state index in [2.05, 4.69) is 5.32 Å². The van der Waals surface area contributed by atoms with Gasteiger partial charge >= 0.3 is 0 Å². The normalized spacial score (nSPS) is 12.3.